The second kappa shape index (κ2) is 7.88. The zero-order valence-corrected chi connectivity index (χ0v) is 13.8. The number of aromatic amines is 1. The van der Waals surface area contributed by atoms with E-state index >= 15 is 0 Å². The Morgan fingerprint density at radius 3 is 2.96 bits per heavy atom. The number of hydrogen-bond donors (Lipinski definition) is 1. The lowest BCUT2D eigenvalue weighted by Gasteiger charge is -2.22. The summed E-state index contributed by atoms with van der Waals surface area (Å²) in [5, 5.41) is 6.77. The first kappa shape index (κ1) is 16.4. The van der Waals surface area contributed by atoms with Crippen molar-refractivity contribution in [1.82, 2.24) is 20.1 Å². The molecule has 0 saturated carbocycles. The molecule has 2 heterocycles. The molecule has 0 spiro atoms. The van der Waals surface area contributed by atoms with Crippen LogP contribution in [0.5, 0.6) is 0 Å². The largest absolute Gasteiger partial charge is 0.380 e. The quantitative estimate of drug-likeness (QED) is 0.886. The number of methoxy groups -OCH3 is 1. The second-order valence-electron chi connectivity index (χ2n) is 5.88. The van der Waals surface area contributed by atoms with Crippen LogP contribution in [-0.4, -0.2) is 45.7 Å². The summed E-state index contributed by atoms with van der Waals surface area (Å²) in [4.78, 5) is 18.7. The molecule has 2 atom stereocenters. The van der Waals surface area contributed by atoms with Crippen LogP contribution in [-0.2, 0) is 9.53 Å². The summed E-state index contributed by atoms with van der Waals surface area (Å²) in [5.41, 5.74) is 1.14. The summed E-state index contributed by atoms with van der Waals surface area (Å²) in [6.45, 7) is 0.600. The van der Waals surface area contributed by atoms with Gasteiger partial charge in [-0.05, 0) is 12.0 Å². The average molecular weight is 326 g/mol. The fourth-order valence-corrected chi connectivity index (χ4v) is 3.01. The number of likely N-dealkylation sites (tertiary alicyclic amines) is 1. The van der Waals surface area contributed by atoms with Gasteiger partial charge in [0.25, 0.3) is 0 Å². The first-order valence-electron chi connectivity index (χ1n) is 8.17. The van der Waals surface area contributed by atoms with Crippen LogP contribution in [0.15, 0.2) is 42.7 Å². The predicted octanol–water partition coefficient (Wildman–Crippen LogP) is 2.59. The minimum absolute atomic E-state index is 0.0453. The molecule has 6 nitrogen and oxygen atoms in total. The molecule has 2 aromatic rings. The third-order valence-electron chi connectivity index (χ3n) is 4.30. The van der Waals surface area contributed by atoms with Gasteiger partial charge in [-0.15, -0.1) is 0 Å². The van der Waals surface area contributed by atoms with Gasteiger partial charge in [0.1, 0.15) is 12.2 Å². The average Bonchev–Trinajstić information content (AvgIpc) is 3.28. The molecule has 0 unspecified atom stereocenters. The Balaban J connectivity index is 1.57. The molecule has 1 fully saturated rings. The molecular weight excluding hydrogens is 304 g/mol. The van der Waals surface area contributed by atoms with Gasteiger partial charge in [-0.25, -0.2) is 4.98 Å². The molecule has 1 saturated heterocycles. The van der Waals surface area contributed by atoms with Gasteiger partial charge < -0.3 is 9.64 Å². The van der Waals surface area contributed by atoms with Crippen LogP contribution < -0.4 is 0 Å². The van der Waals surface area contributed by atoms with Gasteiger partial charge in [0, 0.05) is 26.5 Å². The molecule has 6 heteroatoms. The standard InChI is InChI=1S/C18H22N4O2/c1-24-15-11-16(18-19-13-20-21-18)22(12-15)17(23)10-6-5-9-14-7-3-2-4-8-14/h2-5,7-9,13,15-16H,6,10-12H2,1H3,(H,19,20,21)/b9-5+/t15-,16+/m1/s1. The third kappa shape index (κ3) is 3.89. The van der Waals surface area contributed by atoms with Crippen LogP contribution in [0.25, 0.3) is 6.08 Å². The molecule has 24 heavy (non-hydrogen) atoms. The number of carbonyl (C=O) groups excluding carboxylic acids is 1. The summed E-state index contributed by atoms with van der Waals surface area (Å²) in [6, 6.07) is 10.0. The maximum Gasteiger partial charge on any atom is 0.223 e. The SMILES string of the molecule is CO[C@@H]1C[C@@H](c2ncn[nH]2)N(C(=O)CC/C=C/c2ccccc2)C1. The van der Waals surface area contributed by atoms with Gasteiger partial charge in [-0.3, -0.25) is 9.89 Å². The van der Waals surface area contributed by atoms with Crippen LogP contribution in [0.1, 0.15) is 36.7 Å². The van der Waals surface area contributed by atoms with E-state index in [1.807, 2.05) is 47.4 Å². The van der Waals surface area contributed by atoms with Crippen LogP contribution in [0, 0.1) is 0 Å². The van der Waals surface area contributed by atoms with Crippen molar-refractivity contribution < 1.29 is 9.53 Å². The lowest BCUT2D eigenvalue weighted by Crippen LogP contribution is -2.32. The smallest absolute Gasteiger partial charge is 0.223 e. The summed E-state index contributed by atoms with van der Waals surface area (Å²) in [5.74, 6) is 0.844. The number of ether oxygens (including phenoxy) is 1. The topological polar surface area (TPSA) is 71.1 Å². The van der Waals surface area contributed by atoms with Gasteiger partial charge in [-0.2, -0.15) is 5.10 Å². The third-order valence-corrected chi connectivity index (χ3v) is 4.30. The number of carbonyl (C=O) groups is 1. The van der Waals surface area contributed by atoms with Crippen molar-refractivity contribution in [1.29, 1.82) is 0 Å². The van der Waals surface area contributed by atoms with Crippen molar-refractivity contribution in [2.24, 2.45) is 0 Å². The highest BCUT2D eigenvalue weighted by Gasteiger charge is 2.37. The van der Waals surface area contributed by atoms with E-state index in [1.165, 1.54) is 6.33 Å². The second-order valence-corrected chi connectivity index (χ2v) is 5.88. The molecule has 1 amide bonds. The van der Waals surface area contributed by atoms with Crippen LogP contribution in [0.4, 0.5) is 0 Å². The van der Waals surface area contributed by atoms with Crippen LogP contribution >= 0.6 is 0 Å². The fraction of sp³-hybridized carbons (Fsp3) is 0.389. The maximum atomic E-state index is 12.6. The summed E-state index contributed by atoms with van der Waals surface area (Å²) in [6.07, 6.45) is 7.54. The molecule has 1 aliphatic rings. The van der Waals surface area contributed by atoms with Crippen molar-refractivity contribution in [2.45, 2.75) is 31.4 Å². The highest BCUT2D eigenvalue weighted by atomic mass is 16.5. The van der Waals surface area contributed by atoms with Gasteiger partial charge in [0.05, 0.1) is 12.1 Å². The van der Waals surface area contributed by atoms with Crippen molar-refractivity contribution in [3.63, 3.8) is 0 Å². The molecule has 1 N–H and O–H groups in total. The van der Waals surface area contributed by atoms with E-state index in [-0.39, 0.29) is 18.1 Å². The monoisotopic (exact) mass is 326 g/mol. The van der Waals surface area contributed by atoms with Crippen molar-refractivity contribution in [3.8, 4) is 0 Å². The van der Waals surface area contributed by atoms with E-state index in [1.54, 1.807) is 7.11 Å². The lowest BCUT2D eigenvalue weighted by atomic mass is 10.1. The molecule has 1 aliphatic heterocycles. The number of benzene rings is 1. The summed E-state index contributed by atoms with van der Waals surface area (Å²) < 4.78 is 5.43. The van der Waals surface area contributed by atoms with Gasteiger partial charge in [-0.1, -0.05) is 42.5 Å². The molecular formula is C18H22N4O2. The van der Waals surface area contributed by atoms with Crippen molar-refractivity contribution in [3.05, 3.63) is 54.1 Å². The van der Waals surface area contributed by atoms with Crippen molar-refractivity contribution >= 4 is 12.0 Å². The van der Waals surface area contributed by atoms with E-state index in [9.17, 15) is 4.79 Å². The predicted molar refractivity (Wildman–Crippen MR) is 91.0 cm³/mol. The van der Waals surface area contributed by atoms with Gasteiger partial charge in [0.2, 0.25) is 5.91 Å². The van der Waals surface area contributed by atoms with E-state index in [0.717, 1.165) is 17.8 Å². The van der Waals surface area contributed by atoms with Gasteiger partial charge >= 0.3 is 0 Å². The number of rotatable bonds is 6. The number of amides is 1. The number of hydrogen-bond acceptors (Lipinski definition) is 4. The first-order chi connectivity index (χ1) is 11.8. The molecule has 1 aromatic carbocycles. The Morgan fingerprint density at radius 2 is 2.25 bits per heavy atom. The van der Waals surface area contributed by atoms with E-state index < -0.39 is 0 Å². The molecule has 0 aliphatic carbocycles. The lowest BCUT2D eigenvalue weighted by molar-refractivity contribution is -0.132. The summed E-state index contributed by atoms with van der Waals surface area (Å²) in [7, 11) is 1.68. The molecule has 0 bridgehead atoms. The Labute approximate surface area is 141 Å². The highest BCUT2D eigenvalue weighted by molar-refractivity contribution is 5.77. The number of aromatic nitrogens is 3. The minimum atomic E-state index is -0.0805. The van der Waals surface area contributed by atoms with E-state index in [2.05, 4.69) is 15.2 Å². The van der Waals surface area contributed by atoms with E-state index in [0.29, 0.717) is 19.4 Å². The Kier molecular flexibility index (Phi) is 5.38. The Hall–Kier alpha value is -2.47. The zero-order valence-electron chi connectivity index (χ0n) is 13.8. The maximum absolute atomic E-state index is 12.6. The first-order valence-corrected chi connectivity index (χ1v) is 8.17. The zero-order chi connectivity index (χ0) is 16.8. The highest BCUT2D eigenvalue weighted by Crippen LogP contribution is 2.31. The Bertz CT molecular complexity index is 670. The number of allylic oxidation sites excluding steroid dienone is 1. The van der Waals surface area contributed by atoms with Crippen molar-refractivity contribution in [2.75, 3.05) is 13.7 Å². The number of H-pyrrole nitrogens is 1. The minimum Gasteiger partial charge on any atom is -0.380 e. The Morgan fingerprint density at radius 1 is 1.42 bits per heavy atom. The number of nitrogens with one attached hydrogen (secondary N) is 1. The van der Waals surface area contributed by atoms with E-state index in [4.69, 9.17) is 4.74 Å². The molecule has 3 rings (SSSR count). The number of nitrogens with zero attached hydrogens (tertiary/aromatic N) is 3. The normalized spacial score (nSPS) is 20.8. The molecule has 126 valence electrons. The fourth-order valence-electron chi connectivity index (χ4n) is 3.01. The molecule has 1 aromatic heterocycles. The molecule has 0 radical (unpaired) electrons. The van der Waals surface area contributed by atoms with Crippen LogP contribution in [0.3, 0.4) is 0 Å². The van der Waals surface area contributed by atoms with Gasteiger partial charge in [0.15, 0.2) is 0 Å². The van der Waals surface area contributed by atoms with Crippen LogP contribution in [0.2, 0.25) is 0 Å². The summed E-state index contributed by atoms with van der Waals surface area (Å²) >= 11 is 0.